The van der Waals surface area contributed by atoms with E-state index in [0.717, 1.165) is 44.3 Å². The molecule has 0 radical (unpaired) electrons. The first kappa shape index (κ1) is 15.5. The molecule has 3 nitrogen and oxygen atoms in total. The summed E-state index contributed by atoms with van der Waals surface area (Å²) in [5, 5.41) is 3.14. The van der Waals surface area contributed by atoms with Gasteiger partial charge in [0.1, 0.15) is 5.82 Å². The maximum Gasteiger partial charge on any atom is 0.234 e. The lowest BCUT2D eigenvalue weighted by molar-refractivity contribution is -0.123. The number of hydrogen-bond acceptors (Lipinski definition) is 2. The molecule has 0 spiro atoms. The van der Waals surface area contributed by atoms with Crippen LogP contribution in [-0.2, 0) is 4.79 Å². The first-order valence-electron chi connectivity index (χ1n) is 8.48. The van der Waals surface area contributed by atoms with Gasteiger partial charge in [-0.15, -0.1) is 0 Å². The van der Waals surface area contributed by atoms with E-state index in [1.54, 1.807) is 6.07 Å². The molecule has 22 heavy (non-hydrogen) atoms. The maximum atomic E-state index is 13.8. The molecule has 1 aromatic rings. The van der Waals surface area contributed by atoms with Crippen LogP contribution in [-0.4, -0.2) is 36.5 Å². The van der Waals surface area contributed by atoms with Crippen LogP contribution in [0.25, 0.3) is 0 Å². The van der Waals surface area contributed by atoms with E-state index in [0.29, 0.717) is 12.6 Å². The SMILES string of the molecule is O=C(CN1CCC(c2ccccc2F)CC1)NC1CCCC1. The van der Waals surface area contributed by atoms with Crippen molar-refractivity contribution in [3.05, 3.63) is 35.6 Å². The summed E-state index contributed by atoms with van der Waals surface area (Å²) < 4.78 is 13.8. The molecule has 1 heterocycles. The van der Waals surface area contributed by atoms with Crippen LogP contribution in [0.2, 0.25) is 0 Å². The Kier molecular flexibility index (Phi) is 5.08. The Morgan fingerprint density at radius 2 is 1.82 bits per heavy atom. The molecule has 2 fully saturated rings. The number of carbonyl (C=O) groups excluding carboxylic acids is 1. The van der Waals surface area contributed by atoms with Crippen LogP contribution in [0.5, 0.6) is 0 Å². The molecule has 0 unspecified atom stereocenters. The summed E-state index contributed by atoms with van der Waals surface area (Å²) in [6.07, 6.45) is 6.58. The fourth-order valence-corrected chi connectivity index (χ4v) is 3.75. The van der Waals surface area contributed by atoms with Crippen LogP contribution in [0, 0.1) is 5.82 Å². The number of nitrogens with one attached hydrogen (secondary N) is 1. The second-order valence-electron chi connectivity index (χ2n) is 6.62. The largest absolute Gasteiger partial charge is 0.352 e. The summed E-state index contributed by atoms with van der Waals surface area (Å²) in [4.78, 5) is 14.3. The predicted molar refractivity (Wildman–Crippen MR) is 85.2 cm³/mol. The Labute approximate surface area is 131 Å². The van der Waals surface area contributed by atoms with E-state index in [-0.39, 0.29) is 17.6 Å². The van der Waals surface area contributed by atoms with Crippen molar-refractivity contribution in [2.24, 2.45) is 0 Å². The van der Waals surface area contributed by atoms with Gasteiger partial charge >= 0.3 is 0 Å². The van der Waals surface area contributed by atoms with Gasteiger partial charge in [-0.05, 0) is 56.3 Å². The molecule has 1 N–H and O–H groups in total. The number of likely N-dealkylation sites (tertiary alicyclic amines) is 1. The number of halogens is 1. The molecule has 0 bridgehead atoms. The van der Waals surface area contributed by atoms with E-state index >= 15 is 0 Å². The summed E-state index contributed by atoms with van der Waals surface area (Å²) in [6.45, 7) is 2.23. The molecule has 1 aliphatic heterocycles. The van der Waals surface area contributed by atoms with Crippen molar-refractivity contribution in [3.8, 4) is 0 Å². The third kappa shape index (κ3) is 3.86. The average Bonchev–Trinajstić information content (AvgIpc) is 3.01. The highest BCUT2D eigenvalue weighted by atomic mass is 19.1. The van der Waals surface area contributed by atoms with E-state index in [2.05, 4.69) is 10.2 Å². The number of hydrogen-bond donors (Lipinski definition) is 1. The second kappa shape index (κ2) is 7.23. The molecule has 1 amide bonds. The van der Waals surface area contributed by atoms with Gasteiger partial charge in [0.25, 0.3) is 0 Å². The lowest BCUT2D eigenvalue weighted by atomic mass is 9.89. The van der Waals surface area contributed by atoms with Crippen LogP contribution in [0.1, 0.15) is 50.0 Å². The standard InChI is InChI=1S/C18H25FN2O/c19-17-8-4-3-7-16(17)14-9-11-21(12-10-14)13-18(22)20-15-5-1-2-6-15/h3-4,7-8,14-15H,1-2,5-6,9-13H2,(H,20,22). The number of benzene rings is 1. The topological polar surface area (TPSA) is 32.3 Å². The van der Waals surface area contributed by atoms with Gasteiger partial charge in [-0.25, -0.2) is 4.39 Å². The number of amides is 1. The molecular weight excluding hydrogens is 279 g/mol. The fourth-order valence-electron chi connectivity index (χ4n) is 3.75. The van der Waals surface area contributed by atoms with Crippen molar-refractivity contribution in [1.29, 1.82) is 0 Å². The van der Waals surface area contributed by atoms with Gasteiger partial charge < -0.3 is 5.32 Å². The monoisotopic (exact) mass is 304 g/mol. The maximum absolute atomic E-state index is 13.8. The lowest BCUT2D eigenvalue weighted by Crippen LogP contribution is -2.43. The van der Waals surface area contributed by atoms with Crippen LogP contribution < -0.4 is 5.32 Å². The van der Waals surface area contributed by atoms with Crippen molar-refractivity contribution in [2.75, 3.05) is 19.6 Å². The number of carbonyl (C=O) groups is 1. The Balaban J connectivity index is 1.45. The van der Waals surface area contributed by atoms with E-state index < -0.39 is 0 Å². The van der Waals surface area contributed by atoms with Crippen molar-refractivity contribution in [1.82, 2.24) is 10.2 Å². The van der Waals surface area contributed by atoms with Crippen LogP contribution >= 0.6 is 0 Å². The van der Waals surface area contributed by atoms with E-state index in [4.69, 9.17) is 0 Å². The molecule has 1 saturated heterocycles. The number of rotatable bonds is 4. The zero-order chi connectivity index (χ0) is 15.4. The van der Waals surface area contributed by atoms with Crippen molar-refractivity contribution in [3.63, 3.8) is 0 Å². The summed E-state index contributed by atoms with van der Waals surface area (Å²) in [6, 6.07) is 7.46. The van der Waals surface area contributed by atoms with Gasteiger partial charge in [0.15, 0.2) is 0 Å². The first-order valence-corrected chi connectivity index (χ1v) is 8.48. The number of nitrogens with zero attached hydrogens (tertiary/aromatic N) is 1. The van der Waals surface area contributed by atoms with Gasteiger partial charge in [0, 0.05) is 6.04 Å². The summed E-state index contributed by atoms with van der Waals surface area (Å²) in [7, 11) is 0. The van der Waals surface area contributed by atoms with Crippen molar-refractivity contribution < 1.29 is 9.18 Å². The summed E-state index contributed by atoms with van der Waals surface area (Å²) >= 11 is 0. The quantitative estimate of drug-likeness (QED) is 0.927. The Bertz CT molecular complexity index is 506. The molecule has 1 saturated carbocycles. The third-order valence-electron chi connectivity index (χ3n) is 5.02. The third-order valence-corrected chi connectivity index (χ3v) is 5.02. The Hall–Kier alpha value is -1.42. The normalized spacial score (nSPS) is 21.1. The molecule has 3 rings (SSSR count). The van der Waals surface area contributed by atoms with Crippen molar-refractivity contribution in [2.45, 2.75) is 50.5 Å². The Morgan fingerprint density at radius 3 is 2.50 bits per heavy atom. The molecule has 1 aliphatic carbocycles. The molecule has 0 atom stereocenters. The first-order chi connectivity index (χ1) is 10.7. The molecule has 0 aromatic heterocycles. The van der Waals surface area contributed by atoms with Crippen LogP contribution in [0.3, 0.4) is 0 Å². The van der Waals surface area contributed by atoms with Gasteiger partial charge in [-0.2, -0.15) is 0 Å². The average molecular weight is 304 g/mol. The lowest BCUT2D eigenvalue weighted by Gasteiger charge is -2.32. The van der Waals surface area contributed by atoms with Gasteiger partial charge in [-0.1, -0.05) is 31.0 Å². The smallest absolute Gasteiger partial charge is 0.234 e. The van der Waals surface area contributed by atoms with Crippen LogP contribution in [0.4, 0.5) is 4.39 Å². The van der Waals surface area contributed by atoms with Gasteiger partial charge in [0.2, 0.25) is 5.91 Å². The summed E-state index contributed by atoms with van der Waals surface area (Å²) in [5.41, 5.74) is 0.831. The van der Waals surface area contributed by atoms with E-state index in [9.17, 15) is 9.18 Å². The summed E-state index contributed by atoms with van der Waals surface area (Å²) in [5.74, 6) is 0.339. The second-order valence-corrected chi connectivity index (χ2v) is 6.62. The van der Waals surface area contributed by atoms with Gasteiger partial charge in [-0.3, -0.25) is 9.69 Å². The van der Waals surface area contributed by atoms with Crippen molar-refractivity contribution >= 4 is 5.91 Å². The molecular formula is C18H25FN2O. The Morgan fingerprint density at radius 1 is 1.14 bits per heavy atom. The zero-order valence-electron chi connectivity index (χ0n) is 13.1. The molecule has 2 aliphatic rings. The zero-order valence-corrected chi connectivity index (χ0v) is 13.1. The molecule has 1 aromatic carbocycles. The van der Waals surface area contributed by atoms with Crippen LogP contribution in [0.15, 0.2) is 24.3 Å². The minimum atomic E-state index is -0.0973. The van der Waals surface area contributed by atoms with Gasteiger partial charge in [0.05, 0.1) is 6.54 Å². The minimum Gasteiger partial charge on any atom is -0.352 e. The fraction of sp³-hybridized carbons (Fsp3) is 0.611. The van der Waals surface area contributed by atoms with E-state index in [1.165, 1.54) is 18.9 Å². The number of piperidine rings is 1. The molecule has 120 valence electrons. The molecule has 4 heteroatoms. The highest BCUT2D eigenvalue weighted by Gasteiger charge is 2.24. The highest BCUT2D eigenvalue weighted by molar-refractivity contribution is 5.78. The van der Waals surface area contributed by atoms with E-state index in [1.807, 2.05) is 12.1 Å². The minimum absolute atomic E-state index is 0.0973. The predicted octanol–water partition coefficient (Wildman–Crippen LogP) is 3.06. The highest BCUT2D eigenvalue weighted by Crippen LogP contribution is 2.29.